The number of anilines is 1. The topological polar surface area (TPSA) is 71.5 Å². The fraction of sp³-hybridized carbons (Fsp3) is 0.455. The van der Waals surface area contributed by atoms with Gasteiger partial charge in [-0.25, -0.2) is 9.78 Å². The lowest BCUT2D eigenvalue weighted by Crippen LogP contribution is -2.07. The summed E-state index contributed by atoms with van der Waals surface area (Å²) in [6.45, 7) is 0.955. The monoisotopic (exact) mass is 224 g/mol. The number of aliphatic hydroxyl groups is 1. The third kappa shape index (κ3) is 3.86. The van der Waals surface area contributed by atoms with Gasteiger partial charge in [0.1, 0.15) is 5.69 Å². The normalized spacial score (nSPS) is 9.88. The predicted molar refractivity (Wildman–Crippen MR) is 60.4 cm³/mol. The van der Waals surface area contributed by atoms with Crippen molar-refractivity contribution >= 4 is 11.7 Å². The van der Waals surface area contributed by atoms with Gasteiger partial charge in [-0.05, 0) is 25.0 Å². The van der Waals surface area contributed by atoms with Gasteiger partial charge in [0, 0.05) is 25.0 Å². The van der Waals surface area contributed by atoms with Gasteiger partial charge in [-0.1, -0.05) is 0 Å². The molecule has 5 nitrogen and oxygen atoms in total. The lowest BCUT2D eigenvalue weighted by Gasteiger charge is -2.06. The number of aliphatic hydroxyl groups excluding tert-OH is 1. The number of hydrogen-bond donors (Lipinski definition) is 2. The number of carbonyl (C=O) groups excluding carboxylic acids is 1. The summed E-state index contributed by atoms with van der Waals surface area (Å²) in [5.41, 5.74) is 1.11. The molecule has 0 aromatic carbocycles. The van der Waals surface area contributed by atoms with Gasteiger partial charge < -0.3 is 15.2 Å². The van der Waals surface area contributed by atoms with Crippen LogP contribution in [0.3, 0.4) is 0 Å². The minimum absolute atomic E-state index is 0.200. The maximum Gasteiger partial charge on any atom is 0.356 e. The van der Waals surface area contributed by atoms with E-state index in [2.05, 4.69) is 15.0 Å². The second-order valence-electron chi connectivity index (χ2n) is 3.28. The number of carbonyl (C=O) groups is 1. The van der Waals surface area contributed by atoms with Crippen LogP contribution in [0.2, 0.25) is 0 Å². The molecule has 88 valence electrons. The Labute approximate surface area is 94.5 Å². The van der Waals surface area contributed by atoms with Crippen molar-refractivity contribution in [1.29, 1.82) is 0 Å². The molecule has 0 fully saturated rings. The molecule has 0 saturated heterocycles. The summed E-state index contributed by atoms with van der Waals surface area (Å²) in [4.78, 5) is 15.1. The average molecular weight is 224 g/mol. The van der Waals surface area contributed by atoms with Gasteiger partial charge in [0.15, 0.2) is 0 Å². The van der Waals surface area contributed by atoms with Crippen LogP contribution in [0.15, 0.2) is 18.3 Å². The van der Waals surface area contributed by atoms with Gasteiger partial charge >= 0.3 is 5.97 Å². The maximum absolute atomic E-state index is 11.2. The molecule has 0 aliphatic rings. The number of aromatic nitrogens is 1. The van der Waals surface area contributed by atoms with Crippen LogP contribution in [-0.2, 0) is 4.74 Å². The van der Waals surface area contributed by atoms with E-state index in [9.17, 15) is 4.79 Å². The van der Waals surface area contributed by atoms with E-state index in [1.165, 1.54) is 7.11 Å². The number of ether oxygens (including phenoxy) is 1. The van der Waals surface area contributed by atoms with E-state index in [1.54, 1.807) is 18.3 Å². The molecule has 1 heterocycles. The molecule has 0 radical (unpaired) electrons. The number of unbranched alkanes of at least 4 members (excludes halogenated alkanes) is 1. The van der Waals surface area contributed by atoms with E-state index < -0.39 is 5.97 Å². The first-order chi connectivity index (χ1) is 7.77. The summed E-state index contributed by atoms with van der Waals surface area (Å²) in [7, 11) is 1.32. The highest BCUT2D eigenvalue weighted by Gasteiger charge is 2.06. The number of rotatable bonds is 6. The Hall–Kier alpha value is -1.62. The summed E-state index contributed by atoms with van der Waals surface area (Å²) in [5, 5.41) is 11.8. The summed E-state index contributed by atoms with van der Waals surface area (Å²) in [6.07, 6.45) is 3.20. The molecule has 1 aromatic rings. The molecule has 0 spiro atoms. The first-order valence-corrected chi connectivity index (χ1v) is 5.17. The zero-order valence-electron chi connectivity index (χ0n) is 9.27. The number of esters is 1. The Bertz CT molecular complexity index is 342. The van der Waals surface area contributed by atoms with Gasteiger partial charge in [-0.2, -0.15) is 0 Å². The highest BCUT2D eigenvalue weighted by molar-refractivity contribution is 5.88. The van der Waals surface area contributed by atoms with Crippen molar-refractivity contribution in [2.45, 2.75) is 12.8 Å². The molecule has 16 heavy (non-hydrogen) atoms. The van der Waals surface area contributed by atoms with E-state index in [1.807, 2.05) is 0 Å². The van der Waals surface area contributed by atoms with Crippen LogP contribution in [0.5, 0.6) is 0 Å². The molecule has 0 aliphatic carbocycles. The second kappa shape index (κ2) is 6.79. The van der Waals surface area contributed by atoms with Crippen molar-refractivity contribution in [2.75, 3.05) is 25.6 Å². The van der Waals surface area contributed by atoms with Gasteiger partial charge in [0.05, 0.1) is 7.11 Å². The third-order valence-electron chi connectivity index (χ3n) is 2.07. The Kier molecular flexibility index (Phi) is 5.28. The number of hydrogen-bond acceptors (Lipinski definition) is 5. The fourth-order valence-electron chi connectivity index (χ4n) is 1.23. The van der Waals surface area contributed by atoms with Crippen LogP contribution in [0.25, 0.3) is 0 Å². The van der Waals surface area contributed by atoms with Crippen LogP contribution < -0.4 is 5.32 Å². The Balaban J connectivity index is 2.50. The summed E-state index contributed by atoms with van der Waals surface area (Å²) in [6, 6.07) is 3.43. The Morgan fingerprint density at radius 3 is 3.06 bits per heavy atom. The van der Waals surface area contributed by atoms with Crippen molar-refractivity contribution < 1.29 is 14.6 Å². The highest BCUT2D eigenvalue weighted by atomic mass is 16.5. The number of nitrogens with zero attached hydrogens (tertiary/aromatic N) is 1. The molecule has 0 aliphatic heterocycles. The van der Waals surface area contributed by atoms with Crippen LogP contribution in [0.4, 0.5) is 5.69 Å². The molecule has 5 heteroatoms. The first-order valence-electron chi connectivity index (χ1n) is 5.17. The second-order valence-corrected chi connectivity index (χ2v) is 3.28. The third-order valence-corrected chi connectivity index (χ3v) is 2.07. The first kappa shape index (κ1) is 12.4. The van der Waals surface area contributed by atoms with E-state index >= 15 is 0 Å². The molecule has 1 rings (SSSR count). The van der Waals surface area contributed by atoms with Crippen LogP contribution in [0, 0.1) is 0 Å². The smallest absolute Gasteiger partial charge is 0.356 e. The van der Waals surface area contributed by atoms with Crippen LogP contribution in [-0.4, -0.2) is 36.3 Å². The largest absolute Gasteiger partial charge is 0.464 e. The van der Waals surface area contributed by atoms with E-state index in [0.29, 0.717) is 0 Å². The van der Waals surface area contributed by atoms with Gasteiger partial charge in [0.25, 0.3) is 0 Å². The van der Waals surface area contributed by atoms with Crippen molar-refractivity contribution in [3.05, 3.63) is 24.0 Å². The van der Waals surface area contributed by atoms with Crippen molar-refractivity contribution in [2.24, 2.45) is 0 Å². The molecule has 0 bridgehead atoms. The fourth-order valence-corrected chi connectivity index (χ4v) is 1.23. The number of methoxy groups -OCH3 is 1. The van der Waals surface area contributed by atoms with Gasteiger partial charge in [0.2, 0.25) is 0 Å². The molecular formula is C11H16N2O3. The van der Waals surface area contributed by atoms with E-state index in [4.69, 9.17) is 5.11 Å². The van der Waals surface area contributed by atoms with E-state index in [-0.39, 0.29) is 12.3 Å². The summed E-state index contributed by atoms with van der Waals surface area (Å²) in [5.74, 6) is -0.445. The molecule has 0 amide bonds. The van der Waals surface area contributed by atoms with Crippen molar-refractivity contribution in [3.63, 3.8) is 0 Å². The standard InChI is InChI=1S/C11H16N2O3/c1-16-11(15)10-8-9(4-6-13-10)12-5-2-3-7-14/h4,6,8,14H,2-3,5,7H2,1H3,(H,12,13). The quantitative estimate of drug-likeness (QED) is 0.558. The van der Waals surface area contributed by atoms with Crippen LogP contribution in [0.1, 0.15) is 23.3 Å². The van der Waals surface area contributed by atoms with E-state index in [0.717, 1.165) is 25.1 Å². The molecule has 0 unspecified atom stereocenters. The minimum Gasteiger partial charge on any atom is -0.464 e. The summed E-state index contributed by atoms with van der Waals surface area (Å²) >= 11 is 0. The highest BCUT2D eigenvalue weighted by Crippen LogP contribution is 2.08. The summed E-state index contributed by atoms with van der Waals surface area (Å²) < 4.78 is 4.57. The van der Waals surface area contributed by atoms with Gasteiger partial charge in [-0.3, -0.25) is 0 Å². The van der Waals surface area contributed by atoms with Crippen LogP contribution >= 0.6 is 0 Å². The Morgan fingerprint density at radius 1 is 1.56 bits per heavy atom. The molecule has 2 N–H and O–H groups in total. The SMILES string of the molecule is COC(=O)c1cc(NCCCCO)ccn1. The molecular weight excluding hydrogens is 208 g/mol. The minimum atomic E-state index is -0.445. The molecule has 0 saturated carbocycles. The van der Waals surface area contributed by atoms with Crippen molar-refractivity contribution in [1.82, 2.24) is 4.98 Å². The van der Waals surface area contributed by atoms with Gasteiger partial charge in [-0.15, -0.1) is 0 Å². The predicted octanol–water partition coefficient (Wildman–Crippen LogP) is 1.05. The molecule has 1 aromatic heterocycles. The zero-order valence-corrected chi connectivity index (χ0v) is 9.27. The lowest BCUT2D eigenvalue weighted by atomic mass is 10.3. The van der Waals surface area contributed by atoms with Crippen molar-refractivity contribution in [3.8, 4) is 0 Å². The zero-order chi connectivity index (χ0) is 11.8. The Morgan fingerprint density at radius 2 is 2.38 bits per heavy atom. The average Bonchev–Trinajstić information content (AvgIpc) is 2.34. The number of pyridine rings is 1. The number of nitrogens with one attached hydrogen (secondary N) is 1. The molecule has 0 atom stereocenters. The lowest BCUT2D eigenvalue weighted by molar-refractivity contribution is 0.0594. The maximum atomic E-state index is 11.2.